The van der Waals surface area contributed by atoms with E-state index in [0.29, 0.717) is 16.7 Å². The summed E-state index contributed by atoms with van der Waals surface area (Å²) in [6.07, 6.45) is 1.26. The Morgan fingerprint density at radius 1 is 1.20 bits per heavy atom. The van der Waals surface area contributed by atoms with Crippen LogP contribution in [-0.4, -0.2) is 15.2 Å². The maximum atomic E-state index is 14.2. The van der Waals surface area contributed by atoms with E-state index >= 15 is 0 Å². The van der Waals surface area contributed by atoms with Crippen LogP contribution in [0.3, 0.4) is 0 Å². The zero-order valence-electron chi connectivity index (χ0n) is 10.2. The molecule has 2 N–H and O–H groups in total. The van der Waals surface area contributed by atoms with Gasteiger partial charge in [-0.25, -0.2) is 0 Å². The highest BCUT2D eigenvalue weighted by Gasteiger charge is 2.46. The van der Waals surface area contributed by atoms with Gasteiger partial charge in [0.25, 0.3) is 0 Å². The zero-order chi connectivity index (χ0) is 14.3. The maximum Gasteiger partial charge on any atom is 0.313 e. The van der Waals surface area contributed by atoms with Crippen molar-refractivity contribution in [2.24, 2.45) is 0 Å². The van der Waals surface area contributed by atoms with Gasteiger partial charge >= 0.3 is 16.4 Å². The number of benzene rings is 1. The molecule has 0 fully saturated rings. The van der Waals surface area contributed by atoms with Crippen LogP contribution in [0.15, 0.2) is 44.9 Å². The number of thioether (sulfide) groups is 1. The Morgan fingerprint density at radius 3 is 2.70 bits per heavy atom. The van der Waals surface area contributed by atoms with Gasteiger partial charge in [-0.1, -0.05) is 30.0 Å². The topological polar surface area (TPSA) is 65.7 Å². The molecular weight excluding hydrogens is 286 g/mol. The highest BCUT2D eigenvalue weighted by atomic mass is 32.2. The van der Waals surface area contributed by atoms with E-state index in [0.717, 1.165) is 11.8 Å². The summed E-state index contributed by atoms with van der Waals surface area (Å²) in [5.74, 6) is -1.17. The van der Waals surface area contributed by atoms with Crippen LogP contribution < -0.4 is 11.1 Å². The first kappa shape index (κ1) is 13.1. The van der Waals surface area contributed by atoms with Gasteiger partial charge in [0.1, 0.15) is 0 Å². The minimum absolute atomic E-state index is 0.0432. The Hall–Kier alpha value is -1.89. The molecule has 3 rings (SSSR count). The van der Waals surface area contributed by atoms with E-state index in [9.17, 15) is 18.4 Å². The van der Waals surface area contributed by atoms with Crippen molar-refractivity contribution >= 4 is 11.8 Å². The minimum atomic E-state index is -3.05. The first-order chi connectivity index (χ1) is 9.47. The smallest absolute Gasteiger partial charge is 0.313 e. The van der Waals surface area contributed by atoms with Crippen molar-refractivity contribution in [3.05, 3.63) is 62.4 Å². The fraction of sp³-hybridized carbons (Fsp3) is 0.231. The molecule has 104 valence electrons. The normalized spacial score (nSPS) is 20.4. The van der Waals surface area contributed by atoms with Gasteiger partial charge in [-0.2, -0.15) is 8.78 Å². The molecule has 0 amide bonds. The summed E-state index contributed by atoms with van der Waals surface area (Å²) in [5.41, 5.74) is -0.912. The van der Waals surface area contributed by atoms with E-state index in [4.69, 9.17) is 0 Å². The predicted octanol–water partition coefficient (Wildman–Crippen LogP) is 2.09. The third kappa shape index (κ3) is 2.18. The molecule has 1 aromatic heterocycles. The van der Waals surface area contributed by atoms with Gasteiger partial charge in [0, 0.05) is 16.8 Å². The van der Waals surface area contributed by atoms with E-state index in [1.807, 2.05) is 0 Å². The zero-order valence-corrected chi connectivity index (χ0v) is 11.0. The molecule has 4 nitrogen and oxygen atoms in total. The van der Waals surface area contributed by atoms with Gasteiger partial charge in [-0.15, -0.1) is 0 Å². The molecule has 2 aromatic rings. The van der Waals surface area contributed by atoms with Crippen LogP contribution in [0.1, 0.15) is 17.2 Å². The van der Waals surface area contributed by atoms with Crippen LogP contribution in [0.25, 0.3) is 0 Å². The fourth-order valence-electron chi connectivity index (χ4n) is 2.24. The Morgan fingerprint density at radius 2 is 1.95 bits per heavy atom. The van der Waals surface area contributed by atoms with Gasteiger partial charge in [0.2, 0.25) is 0 Å². The number of hydrogen-bond donors (Lipinski definition) is 2. The predicted molar refractivity (Wildman–Crippen MR) is 71.4 cm³/mol. The highest BCUT2D eigenvalue weighted by molar-refractivity contribution is 8.00. The number of rotatable bonds is 1. The quantitative estimate of drug-likeness (QED) is 0.792. The molecule has 0 saturated carbocycles. The van der Waals surface area contributed by atoms with E-state index in [2.05, 4.69) is 9.97 Å². The van der Waals surface area contributed by atoms with Crippen molar-refractivity contribution in [3.63, 3.8) is 0 Å². The second-order valence-electron chi connectivity index (χ2n) is 4.56. The van der Waals surface area contributed by atoms with Gasteiger partial charge in [-0.05, 0) is 18.1 Å². The SMILES string of the molecule is O=c1[nH]cc(C2Cc3ccccc3SC2(F)F)[nH]c1=O. The molecule has 0 saturated heterocycles. The highest BCUT2D eigenvalue weighted by Crippen LogP contribution is 2.51. The van der Waals surface area contributed by atoms with Gasteiger partial charge < -0.3 is 9.97 Å². The molecule has 0 radical (unpaired) electrons. The molecule has 0 spiro atoms. The third-order valence-electron chi connectivity index (χ3n) is 3.25. The number of halogens is 2. The lowest BCUT2D eigenvalue weighted by Crippen LogP contribution is -2.35. The first-order valence-corrected chi connectivity index (χ1v) is 6.75. The molecule has 7 heteroatoms. The van der Waals surface area contributed by atoms with Crippen LogP contribution in [0.5, 0.6) is 0 Å². The molecule has 1 aromatic carbocycles. The lowest BCUT2D eigenvalue weighted by Gasteiger charge is -2.31. The summed E-state index contributed by atoms with van der Waals surface area (Å²) < 4.78 is 28.4. The Balaban J connectivity index is 2.07. The lowest BCUT2D eigenvalue weighted by atomic mass is 9.96. The molecular formula is C13H10F2N2O2S. The Labute approximate surface area is 116 Å². The summed E-state index contributed by atoms with van der Waals surface area (Å²) in [6, 6.07) is 6.94. The average molecular weight is 296 g/mol. The number of aromatic amines is 2. The van der Waals surface area contributed by atoms with Crippen LogP contribution in [-0.2, 0) is 6.42 Å². The standard InChI is InChI=1S/C13H10F2N2O2S/c14-13(15)8(9-6-16-11(18)12(19)17-9)5-7-3-1-2-4-10(7)20-13/h1-4,6,8H,5H2,(H,16,18)(H,17,19). The number of hydrogen-bond acceptors (Lipinski definition) is 3. The van der Waals surface area contributed by atoms with E-state index < -0.39 is 22.3 Å². The maximum absolute atomic E-state index is 14.2. The molecule has 1 unspecified atom stereocenters. The third-order valence-corrected chi connectivity index (χ3v) is 4.42. The molecule has 0 bridgehead atoms. The van der Waals surface area contributed by atoms with E-state index in [-0.39, 0.29) is 12.1 Å². The lowest BCUT2D eigenvalue weighted by molar-refractivity contribution is 0.0676. The van der Waals surface area contributed by atoms with Gasteiger partial charge in [0.05, 0.1) is 5.92 Å². The molecule has 20 heavy (non-hydrogen) atoms. The van der Waals surface area contributed by atoms with E-state index in [1.165, 1.54) is 0 Å². The Kier molecular flexibility index (Phi) is 3.01. The average Bonchev–Trinajstić information content (AvgIpc) is 2.40. The van der Waals surface area contributed by atoms with Crippen molar-refractivity contribution in [3.8, 4) is 0 Å². The van der Waals surface area contributed by atoms with E-state index in [1.54, 1.807) is 24.3 Å². The Bertz CT molecular complexity index is 769. The fourth-order valence-corrected chi connectivity index (χ4v) is 3.31. The summed E-state index contributed by atoms with van der Waals surface area (Å²) in [4.78, 5) is 27.3. The summed E-state index contributed by atoms with van der Waals surface area (Å²) in [6.45, 7) is 0. The van der Waals surface area contributed by atoms with Crippen LogP contribution in [0, 0.1) is 0 Å². The van der Waals surface area contributed by atoms with Crippen molar-refractivity contribution in [2.75, 3.05) is 0 Å². The molecule has 1 atom stereocenters. The van der Waals surface area contributed by atoms with Crippen molar-refractivity contribution in [1.82, 2.24) is 9.97 Å². The summed E-state index contributed by atoms with van der Waals surface area (Å²) >= 11 is 0.480. The van der Waals surface area contributed by atoms with Crippen molar-refractivity contribution in [2.45, 2.75) is 22.5 Å². The number of nitrogens with one attached hydrogen (secondary N) is 2. The number of H-pyrrole nitrogens is 2. The van der Waals surface area contributed by atoms with Gasteiger partial charge in [-0.3, -0.25) is 9.59 Å². The van der Waals surface area contributed by atoms with Crippen LogP contribution in [0.4, 0.5) is 8.78 Å². The number of fused-ring (bicyclic) bond motifs is 1. The first-order valence-electron chi connectivity index (χ1n) is 5.94. The van der Waals surface area contributed by atoms with Gasteiger partial charge in [0.15, 0.2) is 0 Å². The monoisotopic (exact) mass is 296 g/mol. The summed E-state index contributed by atoms with van der Waals surface area (Å²) in [7, 11) is 0. The largest absolute Gasteiger partial charge is 0.323 e. The number of aromatic nitrogens is 2. The van der Waals surface area contributed by atoms with Crippen LogP contribution in [0.2, 0.25) is 0 Å². The van der Waals surface area contributed by atoms with Crippen molar-refractivity contribution in [1.29, 1.82) is 0 Å². The molecule has 1 aliphatic rings. The van der Waals surface area contributed by atoms with Crippen molar-refractivity contribution < 1.29 is 8.78 Å². The molecule has 1 aliphatic heterocycles. The molecule has 2 heterocycles. The second kappa shape index (κ2) is 4.59. The summed E-state index contributed by atoms with van der Waals surface area (Å²) in [5, 5.41) is -3.05. The minimum Gasteiger partial charge on any atom is -0.323 e. The number of alkyl halides is 2. The molecule has 0 aliphatic carbocycles. The van der Waals surface area contributed by atoms with Crippen LogP contribution >= 0.6 is 11.8 Å². The second-order valence-corrected chi connectivity index (χ2v) is 5.74.